The maximum atomic E-state index is 12.3. The van der Waals surface area contributed by atoms with Crippen LogP contribution in [0.15, 0.2) is 59.7 Å². The van der Waals surface area contributed by atoms with Crippen LogP contribution in [0.2, 0.25) is 0 Å². The Kier molecular flexibility index (Phi) is 5.25. The number of aromatic amines is 1. The van der Waals surface area contributed by atoms with Gasteiger partial charge in [-0.15, -0.1) is 0 Å². The fourth-order valence-corrected chi connectivity index (χ4v) is 3.35. The summed E-state index contributed by atoms with van der Waals surface area (Å²) >= 11 is 0. The summed E-state index contributed by atoms with van der Waals surface area (Å²) in [6.45, 7) is 3.29. The summed E-state index contributed by atoms with van der Waals surface area (Å²) in [5.74, 6) is -0.0678. The number of nitrogens with one attached hydrogen (secondary N) is 2. The molecule has 0 unspecified atom stereocenters. The lowest BCUT2D eigenvalue weighted by atomic mass is 10.1. The van der Waals surface area contributed by atoms with Crippen molar-refractivity contribution in [3.05, 3.63) is 81.9 Å². The van der Waals surface area contributed by atoms with Gasteiger partial charge in [-0.05, 0) is 29.7 Å². The number of amides is 1. The fraction of sp³-hybridized carbons (Fsp3) is 0.238. The summed E-state index contributed by atoms with van der Waals surface area (Å²) < 4.78 is 0. The third kappa shape index (κ3) is 3.99. The van der Waals surface area contributed by atoms with Gasteiger partial charge in [-0.3, -0.25) is 19.5 Å². The van der Waals surface area contributed by atoms with Crippen molar-refractivity contribution in [3.63, 3.8) is 0 Å². The van der Waals surface area contributed by atoms with E-state index in [9.17, 15) is 9.59 Å². The fourth-order valence-electron chi connectivity index (χ4n) is 3.35. The van der Waals surface area contributed by atoms with Crippen LogP contribution in [0, 0.1) is 0 Å². The minimum Gasteiger partial charge on any atom is -0.352 e. The first kappa shape index (κ1) is 18.1. The number of nitrogens with zero attached hydrogens (tertiary/aromatic N) is 3. The molecule has 2 aromatic heterocycles. The molecule has 1 aromatic carbocycles. The summed E-state index contributed by atoms with van der Waals surface area (Å²) in [5, 5.41) is 2.80. The van der Waals surface area contributed by atoms with Crippen LogP contribution in [0.5, 0.6) is 0 Å². The minimum atomic E-state index is -0.469. The van der Waals surface area contributed by atoms with Crippen LogP contribution in [-0.4, -0.2) is 38.8 Å². The van der Waals surface area contributed by atoms with E-state index >= 15 is 0 Å². The lowest BCUT2D eigenvalue weighted by Gasteiger charge is -2.14. The van der Waals surface area contributed by atoms with Gasteiger partial charge in [0.05, 0.1) is 0 Å². The van der Waals surface area contributed by atoms with Crippen LogP contribution in [0.25, 0.3) is 11.5 Å². The molecular weight excluding hydrogens is 354 g/mol. The van der Waals surface area contributed by atoms with Crippen molar-refractivity contribution in [2.24, 2.45) is 0 Å². The van der Waals surface area contributed by atoms with E-state index in [1.54, 1.807) is 18.3 Å². The van der Waals surface area contributed by atoms with Crippen molar-refractivity contribution in [1.82, 2.24) is 25.2 Å². The van der Waals surface area contributed by atoms with E-state index in [4.69, 9.17) is 0 Å². The largest absolute Gasteiger partial charge is 0.352 e. The Bertz CT molecular complexity index is 1010. The lowest BCUT2D eigenvalue weighted by Crippen LogP contribution is -2.32. The van der Waals surface area contributed by atoms with Gasteiger partial charge in [0.15, 0.2) is 5.82 Å². The Morgan fingerprint density at radius 1 is 1.07 bits per heavy atom. The van der Waals surface area contributed by atoms with Gasteiger partial charge >= 0.3 is 0 Å². The zero-order chi connectivity index (χ0) is 19.3. The molecule has 7 heteroatoms. The highest BCUT2D eigenvalue weighted by atomic mass is 16.2. The highest BCUT2D eigenvalue weighted by Crippen LogP contribution is 2.21. The molecule has 0 radical (unpaired) electrons. The van der Waals surface area contributed by atoms with E-state index in [-0.39, 0.29) is 5.56 Å². The zero-order valence-electron chi connectivity index (χ0n) is 15.4. The van der Waals surface area contributed by atoms with E-state index in [1.165, 1.54) is 17.3 Å². The number of carbonyl (C=O) groups is 1. The average Bonchev–Trinajstić information content (AvgIpc) is 3.14. The third-order valence-corrected chi connectivity index (χ3v) is 4.79. The van der Waals surface area contributed by atoms with Crippen LogP contribution in [0.3, 0.4) is 0 Å². The molecule has 3 heterocycles. The first-order valence-corrected chi connectivity index (χ1v) is 9.29. The van der Waals surface area contributed by atoms with Gasteiger partial charge in [0, 0.05) is 38.6 Å². The molecule has 0 saturated carbocycles. The Morgan fingerprint density at radius 2 is 1.82 bits per heavy atom. The Hall–Kier alpha value is -3.32. The molecule has 3 aromatic rings. The highest BCUT2D eigenvalue weighted by molar-refractivity contribution is 5.93. The second-order valence-corrected chi connectivity index (χ2v) is 6.78. The average molecular weight is 375 g/mol. The number of pyridine rings is 1. The number of rotatable bonds is 6. The van der Waals surface area contributed by atoms with Crippen LogP contribution in [0.1, 0.15) is 27.9 Å². The molecule has 0 atom stereocenters. The van der Waals surface area contributed by atoms with Crippen LogP contribution >= 0.6 is 0 Å². The molecule has 1 amide bonds. The van der Waals surface area contributed by atoms with Crippen LogP contribution in [-0.2, 0) is 13.1 Å². The zero-order valence-corrected chi connectivity index (χ0v) is 15.4. The van der Waals surface area contributed by atoms with E-state index in [1.807, 2.05) is 6.07 Å². The summed E-state index contributed by atoms with van der Waals surface area (Å²) in [7, 11) is 0. The number of hydrogen-bond acceptors (Lipinski definition) is 5. The quantitative estimate of drug-likeness (QED) is 0.643. The number of benzene rings is 1. The molecule has 0 spiro atoms. The van der Waals surface area contributed by atoms with E-state index in [0.29, 0.717) is 18.1 Å². The van der Waals surface area contributed by atoms with Gasteiger partial charge < -0.3 is 10.3 Å². The van der Waals surface area contributed by atoms with Crippen molar-refractivity contribution < 1.29 is 4.79 Å². The van der Waals surface area contributed by atoms with Crippen LogP contribution in [0.4, 0.5) is 0 Å². The van der Waals surface area contributed by atoms with Gasteiger partial charge in [0.25, 0.3) is 11.5 Å². The Morgan fingerprint density at radius 3 is 2.50 bits per heavy atom. The van der Waals surface area contributed by atoms with Gasteiger partial charge in [0.1, 0.15) is 11.3 Å². The Balaban J connectivity index is 1.28. The summed E-state index contributed by atoms with van der Waals surface area (Å²) in [5.41, 5.74) is 2.84. The summed E-state index contributed by atoms with van der Waals surface area (Å²) in [6.07, 6.45) is 3.74. The molecule has 1 aliphatic heterocycles. The van der Waals surface area contributed by atoms with Crippen molar-refractivity contribution in [2.75, 3.05) is 13.1 Å². The number of H-pyrrole nitrogens is 1. The lowest BCUT2D eigenvalue weighted by molar-refractivity contribution is 0.0949. The highest BCUT2D eigenvalue weighted by Gasteiger charge is 2.18. The second kappa shape index (κ2) is 8.14. The van der Waals surface area contributed by atoms with Gasteiger partial charge in [0.2, 0.25) is 0 Å². The van der Waals surface area contributed by atoms with E-state index in [0.717, 1.165) is 26.1 Å². The third-order valence-electron chi connectivity index (χ3n) is 4.79. The molecule has 0 bridgehead atoms. The number of fused-ring (bicyclic) bond motifs is 1. The molecule has 0 aliphatic carbocycles. The molecule has 0 saturated heterocycles. The van der Waals surface area contributed by atoms with Crippen LogP contribution < -0.4 is 10.9 Å². The predicted molar refractivity (Wildman–Crippen MR) is 106 cm³/mol. The standard InChI is InChI=1S/C21H21N5O2/c27-20(17-12-24-19(25-21(17)28)18-8-3-4-9-22-18)23-10-5-11-26-13-15-6-1-2-7-16(15)14-26/h1-4,6-9,12H,5,10-11,13-14H2,(H,23,27)(H,24,25,28). The first-order chi connectivity index (χ1) is 13.7. The number of carbonyl (C=O) groups excluding carboxylic acids is 1. The molecular formula is C21H21N5O2. The molecule has 0 fully saturated rings. The molecule has 2 N–H and O–H groups in total. The number of hydrogen-bond donors (Lipinski definition) is 2. The SMILES string of the molecule is O=C(NCCCN1Cc2ccccc2C1)c1cnc(-c2ccccn2)[nH]c1=O. The maximum Gasteiger partial charge on any atom is 0.264 e. The van der Waals surface area contributed by atoms with E-state index in [2.05, 4.69) is 49.4 Å². The second-order valence-electron chi connectivity index (χ2n) is 6.78. The minimum absolute atomic E-state index is 0.00765. The van der Waals surface area contributed by atoms with Crippen molar-refractivity contribution in [3.8, 4) is 11.5 Å². The van der Waals surface area contributed by atoms with Crippen molar-refractivity contribution in [1.29, 1.82) is 0 Å². The molecule has 7 nitrogen and oxygen atoms in total. The molecule has 142 valence electrons. The molecule has 1 aliphatic rings. The summed E-state index contributed by atoms with van der Waals surface area (Å²) in [4.78, 5) is 37.8. The normalized spacial score (nSPS) is 13.3. The number of aromatic nitrogens is 3. The Labute approximate surface area is 162 Å². The summed E-state index contributed by atoms with van der Waals surface area (Å²) in [6, 6.07) is 13.8. The first-order valence-electron chi connectivity index (χ1n) is 9.29. The molecule has 4 rings (SSSR count). The van der Waals surface area contributed by atoms with Gasteiger partial charge in [-0.1, -0.05) is 30.3 Å². The van der Waals surface area contributed by atoms with Gasteiger partial charge in [-0.2, -0.15) is 0 Å². The molecule has 28 heavy (non-hydrogen) atoms. The maximum absolute atomic E-state index is 12.3. The monoisotopic (exact) mass is 375 g/mol. The predicted octanol–water partition coefficient (Wildman–Crippen LogP) is 1.97. The van der Waals surface area contributed by atoms with Crippen molar-refractivity contribution in [2.45, 2.75) is 19.5 Å². The topological polar surface area (TPSA) is 91.0 Å². The van der Waals surface area contributed by atoms with E-state index < -0.39 is 11.5 Å². The van der Waals surface area contributed by atoms with Gasteiger partial charge in [-0.25, -0.2) is 4.98 Å². The van der Waals surface area contributed by atoms with Crippen molar-refractivity contribution >= 4 is 5.91 Å². The smallest absolute Gasteiger partial charge is 0.264 e.